The zero-order valence-electron chi connectivity index (χ0n) is 16.3. The summed E-state index contributed by atoms with van der Waals surface area (Å²) in [5.74, 6) is -1.68. The molecule has 3 fully saturated rings. The minimum Gasteiger partial charge on any atom is -0.481 e. The van der Waals surface area contributed by atoms with Crippen molar-refractivity contribution < 1.29 is 24.3 Å². The lowest BCUT2D eigenvalue weighted by Gasteiger charge is -2.40. The van der Waals surface area contributed by atoms with Crippen molar-refractivity contribution in [2.24, 2.45) is 17.3 Å². The van der Waals surface area contributed by atoms with Crippen LogP contribution < -0.4 is 5.32 Å². The number of hydrogen-bond acceptors (Lipinski definition) is 4. The lowest BCUT2D eigenvalue weighted by atomic mass is 9.67. The summed E-state index contributed by atoms with van der Waals surface area (Å²) in [4.78, 5) is 51.3. The number of carboxylic acid groups (broad SMARTS) is 1. The molecule has 2 aliphatic heterocycles. The molecule has 0 aromatic rings. The number of carboxylic acids is 1. The molecule has 8 nitrogen and oxygen atoms in total. The summed E-state index contributed by atoms with van der Waals surface area (Å²) in [6, 6.07) is -0.517. The quantitative estimate of drug-likeness (QED) is 0.722. The highest BCUT2D eigenvalue weighted by molar-refractivity contribution is 6.09. The van der Waals surface area contributed by atoms with Crippen molar-refractivity contribution in [1.29, 1.82) is 0 Å². The summed E-state index contributed by atoms with van der Waals surface area (Å²) in [5, 5.41) is 11.9. The fourth-order valence-corrected chi connectivity index (χ4v) is 4.56. The summed E-state index contributed by atoms with van der Waals surface area (Å²) in [5.41, 5.74) is -0.715. The second-order valence-corrected chi connectivity index (χ2v) is 9.21. The SMILES string of the molecule is CC(C)(C)C1CCC2(CC1)NC(=O)N(CC(=O)N1CCC(C(=O)O)C1)C2=O. The summed E-state index contributed by atoms with van der Waals surface area (Å²) in [7, 11) is 0. The molecule has 4 amide bonds. The van der Waals surface area contributed by atoms with Crippen LogP contribution in [0.15, 0.2) is 0 Å². The molecule has 1 spiro atoms. The standard InChI is InChI=1S/C19H29N3O5/c1-18(2,3)13-4-7-19(8-5-13)16(26)22(17(27)20-19)11-14(23)21-9-6-12(10-21)15(24)25/h12-13H,4-11H2,1-3H3,(H,20,27)(H,24,25). The number of nitrogens with zero attached hydrogens (tertiary/aromatic N) is 2. The number of aliphatic carboxylic acids is 1. The van der Waals surface area contributed by atoms with Crippen molar-refractivity contribution >= 4 is 23.8 Å². The van der Waals surface area contributed by atoms with Gasteiger partial charge in [-0.05, 0) is 43.4 Å². The Bertz CT molecular complexity index is 661. The van der Waals surface area contributed by atoms with Crippen molar-refractivity contribution in [3.8, 4) is 0 Å². The van der Waals surface area contributed by atoms with E-state index >= 15 is 0 Å². The Kier molecular flexibility index (Phi) is 4.94. The smallest absolute Gasteiger partial charge is 0.325 e. The van der Waals surface area contributed by atoms with Gasteiger partial charge < -0.3 is 15.3 Å². The van der Waals surface area contributed by atoms with Gasteiger partial charge in [-0.15, -0.1) is 0 Å². The molecule has 150 valence electrons. The van der Waals surface area contributed by atoms with E-state index in [1.807, 2.05) is 0 Å². The first kappa shape index (κ1) is 19.6. The second kappa shape index (κ2) is 6.80. The normalized spacial score (nSPS) is 31.5. The number of carbonyl (C=O) groups is 4. The predicted octanol–water partition coefficient (Wildman–Crippen LogP) is 1.45. The fourth-order valence-electron chi connectivity index (χ4n) is 4.56. The average Bonchev–Trinajstić information content (AvgIpc) is 3.15. The lowest BCUT2D eigenvalue weighted by molar-refractivity contribution is -0.142. The molecule has 0 radical (unpaired) electrons. The first-order valence-electron chi connectivity index (χ1n) is 9.68. The number of likely N-dealkylation sites (tertiary alicyclic amines) is 1. The third-order valence-corrected chi connectivity index (χ3v) is 6.49. The predicted molar refractivity (Wildman–Crippen MR) is 96.7 cm³/mol. The van der Waals surface area contributed by atoms with Crippen LogP contribution in [0.5, 0.6) is 0 Å². The molecule has 3 aliphatic rings. The van der Waals surface area contributed by atoms with Crippen LogP contribution in [-0.4, -0.2) is 63.9 Å². The van der Waals surface area contributed by atoms with Gasteiger partial charge in [-0.25, -0.2) is 4.79 Å². The van der Waals surface area contributed by atoms with E-state index in [1.54, 1.807) is 0 Å². The number of urea groups is 1. The van der Waals surface area contributed by atoms with Crippen LogP contribution >= 0.6 is 0 Å². The molecule has 3 rings (SSSR count). The van der Waals surface area contributed by atoms with Crippen LogP contribution in [0.2, 0.25) is 0 Å². The van der Waals surface area contributed by atoms with Gasteiger partial charge in [0.1, 0.15) is 12.1 Å². The Balaban J connectivity index is 1.62. The van der Waals surface area contributed by atoms with Crippen LogP contribution in [0.4, 0.5) is 4.79 Å². The van der Waals surface area contributed by atoms with Gasteiger partial charge in [0.2, 0.25) is 5.91 Å². The molecule has 27 heavy (non-hydrogen) atoms. The Hall–Kier alpha value is -2.12. The molecule has 0 aromatic carbocycles. The van der Waals surface area contributed by atoms with Crippen molar-refractivity contribution in [2.45, 2.75) is 58.4 Å². The molecule has 8 heteroatoms. The minimum absolute atomic E-state index is 0.135. The third kappa shape index (κ3) is 3.66. The fraction of sp³-hybridized carbons (Fsp3) is 0.789. The van der Waals surface area contributed by atoms with Gasteiger partial charge in [0, 0.05) is 13.1 Å². The van der Waals surface area contributed by atoms with Gasteiger partial charge in [0.15, 0.2) is 0 Å². The van der Waals surface area contributed by atoms with Crippen molar-refractivity contribution in [3.63, 3.8) is 0 Å². The molecular weight excluding hydrogens is 350 g/mol. The molecule has 2 heterocycles. The van der Waals surface area contributed by atoms with Gasteiger partial charge in [-0.2, -0.15) is 0 Å². The molecule has 1 unspecified atom stereocenters. The van der Waals surface area contributed by atoms with Crippen molar-refractivity contribution in [2.75, 3.05) is 19.6 Å². The van der Waals surface area contributed by atoms with Gasteiger partial charge in [0.05, 0.1) is 5.92 Å². The molecule has 0 aromatic heterocycles. The van der Waals surface area contributed by atoms with E-state index in [1.165, 1.54) is 4.90 Å². The van der Waals surface area contributed by atoms with E-state index < -0.39 is 23.5 Å². The van der Waals surface area contributed by atoms with Crippen LogP contribution in [0.25, 0.3) is 0 Å². The van der Waals surface area contributed by atoms with Crippen LogP contribution in [0.3, 0.4) is 0 Å². The van der Waals surface area contributed by atoms with E-state index in [-0.39, 0.29) is 30.3 Å². The molecule has 0 bridgehead atoms. The Morgan fingerprint density at radius 1 is 1.19 bits per heavy atom. The maximum absolute atomic E-state index is 12.9. The van der Waals surface area contributed by atoms with Gasteiger partial charge in [0.25, 0.3) is 5.91 Å². The molecule has 2 N–H and O–H groups in total. The molecule has 1 aliphatic carbocycles. The number of carbonyl (C=O) groups excluding carboxylic acids is 3. The minimum atomic E-state index is -0.921. The van der Waals surface area contributed by atoms with E-state index in [0.29, 0.717) is 31.7 Å². The van der Waals surface area contributed by atoms with Crippen LogP contribution in [0.1, 0.15) is 52.9 Å². The molecule has 1 saturated carbocycles. The van der Waals surface area contributed by atoms with Crippen LogP contribution in [-0.2, 0) is 14.4 Å². The Morgan fingerprint density at radius 2 is 1.81 bits per heavy atom. The van der Waals surface area contributed by atoms with E-state index in [2.05, 4.69) is 26.1 Å². The number of amides is 4. The van der Waals surface area contributed by atoms with Gasteiger partial charge in [-0.3, -0.25) is 19.3 Å². The summed E-state index contributed by atoms with van der Waals surface area (Å²) < 4.78 is 0. The molecule has 1 atom stereocenters. The zero-order valence-corrected chi connectivity index (χ0v) is 16.3. The van der Waals surface area contributed by atoms with Gasteiger partial charge in [-0.1, -0.05) is 20.8 Å². The first-order valence-corrected chi connectivity index (χ1v) is 9.68. The monoisotopic (exact) mass is 379 g/mol. The van der Waals surface area contributed by atoms with Crippen molar-refractivity contribution in [3.05, 3.63) is 0 Å². The summed E-state index contributed by atoms with van der Waals surface area (Å²) in [6.45, 7) is 6.73. The second-order valence-electron chi connectivity index (χ2n) is 9.21. The van der Waals surface area contributed by atoms with Crippen molar-refractivity contribution in [1.82, 2.24) is 15.1 Å². The average molecular weight is 379 g/mol. The maximum Gasteiger partial charge on any atom is 0.325 e. The largest absolute Gasteiger partial charge is 0.481 e. The highest BCUT2D eigenvalue weighted by Gasteiger charge is 2.53. The maximum atomic E-state index is 12.9. The first-order chi connectivity index (χ1) is 12.5. The number of nitrogens with one attached hydrogen (secondary N) is 1. The Labute approximate surface area is 159 Å². The number of imide groups is 1. The highest BCUT2D eigenvalue weighted by atomic mass is 16.4. The third-order valence-electron chi connectivity index (χ3n) is 6.49. The van der Waals surface area contributed by atoms with Crippen LogP contribution in [0, 0.1) is 17.3 Å². The summed E-state index contributed by atoms with van der Waals surface area (Å²) in [6.07, 6.45) is 3.32. The Morgan fingerprint density at radius 3 is 2.33 bits per heavy atom. The van der Waals surface area contributed by atoms with E-state index in [9.17, 15) is 19.2 Å². The summed E-state index contributed by atoms with van der Waals surface area (Å²) >= 11 is 0. The van der Waals surface area contributed by atoms with Gasteiger partial charge >= 0.3 is 12.0 Å². The highest BCUT2D eigenvalue weighted by Crippen LogP contribution is 2.43. The van der Waals surface area contributed by atoms with E-state index in [0.717, 1.165) is 17.7 Å². The van der Waals surface area contributed by atoms with E-state index in [4.69, 9.17) is 5.11 Å². The lowest BCUT2D eigenvalue weighted by Crippen LogP contribution is -2.51. The molecular formula is C19H29N3O5. The number of hydrogen-bond donors (Lipinski definition) is 2. The number of rotatable bonds is 3. The zero-order chi connectivity index (χ0) is 20.0. The topological polar surface area (TPSA) is 107 Å². The molecule has 2 saturated heterocycles.